The zero-order valence-electron chi connectivity index (χ0n) is 12.0. The molecule has 3 unspecified atom stereocenters. The number of rotatable bonds is 4. The van der Waals surface area contributed by atoms with E-state index < -0.39 is 0 Å². The van der Waals surface area contributed by atoms with E-state index in [1.165, 1.54) is 0 Å². The lowest BCUT2D eigenvalue weighted by molar-refractivity contribution is -0.0210. The van der Waals surface area contributed by atoms with Crippen LogP contribution in [0.1, 0.15) is 18.5 Å². The predicted molar refractivity (Wildman–Crippen MR) is 76.3 cm³/mol. The molecule has 0 saturated carbocycles. The molecule has 1 aromatic rings. The Hall–Kier alpha value is -1.61. The van der Waals surface area contributed by atoms with Gasteiger partial charge in [-0.1, -0.05) is 12.1 Å². The van der Waals surface area contributed by atoms with Crippen molar-refractivity contribution in [3.63, 3.8) is 0 Å². The van der Waals surface area contributed by atoms with Crippen molar-refractivity contribution in [2.45, 2.75) is 25.1 Å². The van der Waals surface area contributed by atoms with E-state index >= 15 is 0 Å². The first-order valence-corrected chi connectivity index (χ1v) is 6.80. The molecule has 1 heterocycles. The minimum atomic E-state index is -0.379. The lowest BCUT2D eigenvalue weighted by Gasteiger charge is -2.38. The molecule has 0 aromatic heterocycles. The lowest BCUT2D eigenvalue weighted by atomic mass is 9.98. The van der Waals surface area contributed by atoms with Crippen molar-refractivity contribution >= 4 is 0 Å². The molecule has 0 bridgehead atoms. The van der Waals surface area contributed by atoms with Crippen LogP contribution in [0.5, 0.6) is 5.75 Å². The Kier molecular flexibility index (Phi) is 4.96. The third-order valence-corrected chi connectivity index (χ3v) is 3.57. The smallest absolute Gasteiger partial charge is 0.156 e. The SMILES string of the molecule is COc1cccc(C(C(C)N)N2CCOC(C#N)C2)c1. The minimum Gasteiger partial charge on any atom is -0.497 e. The molecule has 0 spiro atoms. The van der Waals surface area contributed by atoms with Gasteiger partial charge in [-0.05, 0) is 24.6 Å². The van der Waals surface area contributed by atoms with E-state index in [2.05, 4.69) is 11.0 Å². The number of hydrogen-bond donors (Lipinski definition) is 1. The van der Waals surface area contributed by atoms with Gasteiger partial charge in [-0.25, -0.2) is 0 Å². The van der Waals surface area contributed by atoms with Crippen LogP contribution in [0.25, 0.3) is 0 Å². The van der Waals surface area contributed by atoms with Crippen LogP contribution in [0.15, 0.2) is 24.3 Å². The van der Waals surface area contributed by atoms with Crippen LogP contribution in [0, 0.1) is 11.3 Å². The van der Waals surface area contributed by atoms with Crippen LogP contribution in [-0.4, -0.2) is 43.9 Å². The molecule has 3 atom stereocenters. The average molecular weight is 275 g/mol. The predicted octanol–water partition coefficient (Wildman–Crippen LogP) is 1.31. The Morgan fingerprint density at radius 3 is 3.00 bits per heavy atom. The van der Waals surface area contributed by atoms with Crippen molar-refractivity contribution in [1.82, 2.24) is 4.90 Å². The second-order valence-electron chi connectivity index (χ2n) is 5.06. The highest BCUT2D eigenvalue weighted by Gasteiger charge is 2.29. The third kappa shape index (κ3) is 3.28. The van der Waals surface area contributed by atoms with Crippen molar-refractivity contribution < 1.29 is 9.47 Å². The highest BCUT2D eigenvalue weighted by atomic mass is 16.5. The zero-order valence-corrected chi connectivity index (χ0v) is 12.0. The fraction of sp³-hybridized carbons (Fsp3) is 0.533. The zero-order chi connectivity index (χ0) is 14.5. The van der Waals surface area contributed by atoms with E-state index in [4.69, 9.17) is 20.5 Å². The van der Waals surface area contributed by atoms with E-state index in [9.17, 15) is 0 Å². The largest absolute Gasteiger partial charge is 0.497 e. The summed E-state index contributed by atoms with van der Waals surface area (Å²) in [5.74, 6) is 0.818. The van der Waals surface area contributed by atoms with Gasteiger partial charge in [-0.2, -0.15) is 5.26 Å². The van der Waals surface area contributed by atoms with Gasteiger partial charge in [0.2, 0.25) is 0 Å². The fourth-order valence-electron chi connectivity index (χ4n) is 2.67. The fourth-order valence-corrected chi connectivity index (χ4v) is 2.67. The van der Waals surface area contributed by atoms with Gasteiger partial charge in [0, 0.05) is 25.2 Å². The van der Waals surface area contributed by atoms with Gasteiger partial charge in [-0.15, -0.1) is 0 Å². The molecule has 1 aromatic carbocycles. The molecule has 1 saturated heterocycles. The van der Waals surface area contributed by atoms with Crippen molar-refractivity contribution in [1.29, 1.82) is 5.26 Å². The molecule has 0 aliphatic carbocycles. The van der Waals surface area contributed by atoms with Gasteiger partial charge in [0.15, 0.2) is 6.10 Å². The average Bonchev–Trinajstić information content (AvgIpc) is 2.47. The number of nitrogens with zero attached hydrogens (tertiary/aromatic N) is 2. The maximum atomic E-state index is 9.03. The number of nitriles is 1. The van der Waals surface area contributed by atoms with Crippen LogP contribution < -0.4 is 10.5 Å². The summed E-state index contributed by atoms with van der Waals surface area (Å²) in [6, 6.07) is 10.1. The molecule has 20 heavy (non-hydrogen) atoms. The molecular formula is C15H21N3O2. The molecular weight excluding hydrogens is 254 g/mol. The lowest BCUT2D eigenvalue weighted by Crippen LogP contribution is -2.48. The molecule has 5 heteroatoms. The summed E-state index contributed by atoms with van der Waals surface area (Å²) in [6.07, 6.45) is -0.379. The van der Waals surface area contributed by atoms with Crippen LogP contribution in [-0.2, 0) is 4.74 Å². The second kappa shape index (κ2) is 6.71. The molecule has 108 valence electrons. The Morgan fingerprint density at radius 1 is 1.55 bits per heavy atom. The third-order valence-electron chi connectivity index (χ3n) is 3.57. The van der Waals surface area contributed by atoms with Crippen molar-refractivity contribution in [2.75, 3.05) is 26.8 Å². The van der Waals surface area contributed by atoms with E-state index in [1.807, 2.05) is 31.2 Å². The standard InChI is InChI=1S/C15H21N3O2/c1-11(17)15(12-4-3-5-13(8-12)19-2)18-6-7-20-14(9-16)10-18/h3-5,8,11,14-15H,6-7,10,17H2,1-2H3. The summed E-state index contributed by atoms with van der Waals surface area (Å²) in [5, 5.41) is 9.03. The van der Waals surface area contributed by atoms with Crippen LogP contribution in [0.4, 0.5) is 0 Å². The van der Waals surface area contributed by atoms with Crippen molar-refractivity contribution in [3.05, 3.63) is 29.8 Å². The molecule has 1 aliphatic heterocycles. The van der Waals surface area contributed by atoms with Crippen LogP contribution >= 0.6 is 0 Å². The quantitative estimate of drug-likeness (QED) is 0.897. The number of morpholine rings is 1. The van der Waals surface area contributed by atoms with Crippen molar-refractivity contribution in [2.24, 2.45) is 5.73 Å². The summed E-state index contributed by atoms with van der Waals surface area (Å²) in [7, 11) is 1.65. The molecule has 0 radical (unpaired) electrons. The summed E-state index contributed by atoms with van der Waals surface area (Å²) in [6.45, 7) is 3.91. The van der Waals surface area contributed by atoms with Gasteiger partial charge >= 0.3 is 0 Å². The second-order valence-corrected chi connectivity index (χ2v) is 5.06. The molecule has 1 aliphatic rings. The topological polar surface area (TPSA) is 71.5 Å². The minimum absolute atomic E-state index is 0.0421. The van der Waals surface area contributed by atoms with Crippen LogP contribution in [0.2, 0.25) is 0 Å². The van der Waals surface area contributed by atoms with Gasteiger partial charge in [0.05, 0.1) is 19.8 Å². The first kappa shape index (κ1) is 14.8. The first-order chi connectivity index (χ1) is 9.65. The van der Waals surface area contributed by atoms with E-state index in [0.29, 0.717) is 13.2 Å². The maximum absolute atomic E-state index is 9.03. The molecule has 2 rings (SSSR count). The summed E-state index contributed by atoms with van der Waals surface area (Å²) < 4.78 is 10.7. The Bertz CT molecular complexity index is 484. The van der Waals surface area contributed by atoms with E-state index in [-0.39, 0.29) is 18.2 Å². The number of benzene rings is 1. The number of ether oxygens (including phenoxy) is 2. The number of hydrogen-bond acceptors (Lipinski definition) is 5. The first-order valence-electron chi connectivity index (χ1n) is 6.80. The molecule has 1 fully saturated rings. The number of nitrogens with two attached hydrogens (primary N) is 1. The van der Waals surface area contributed by atoms with Gasteiger partial charge in [-0.3, -0.25) is 4.90 Å². The Labute approximate surface area is 119 Å². The van der Waals surface area contributed by atoms with Gasteiger partial charge in [0.1, 0.15) is 5.75 Å². The van der Waals surface area contributed by atoms with Crippen molar-refractivity contribution in [3.8, 4) is 11.8 Å². The highest BCUT2D eigenvalue weighted by molar-refractivity contribution is 5.31. The Balaban J connectivity index is 2.24. The van der Waals surface area contributed by atoms with Crippen LogP contribution in [0.3, 0.4) is 0 Å². The van der Waals surface area contributed by atoms with E-state index in [0.717, 1.165) is 17.9 Å². The van der Waals surface area contributed by atoms with Gasteiger partial charge in [0.25, 0.3) is 0 Å². The summed E-state index contributed by atoms with van der Waals surface area (Å²) >= 11 is 0. The molecule has 0 amide bonds. The monoisotopic (exact) mass is 275 g/mol. The van der Waals surface area contributed by atoms with E-state index in [1.54, 1.807) is 7.11 Å². The highest BCUT2D eigenvalue weighted by Crippen LogP contribution is 2.28. The molecule has 2 N–H and O–H groups in total. The number of methoxy groups -OCH3 is 1. The maximum Gasteiger partial charge on any atom is 0.156 e. The van der Waals surface area contributed by atoms with Gasteiger partial charge < -0.3 is 15.2 Å². The normalized spacial score (nSPS) is 22.8. The summed E-state index contributed by atoms with van der Waals surface area (Å²) in [4.78, 5) is 2.22. The Morgan fingerprint density at radius 2 is 2.35 bits per heavy atom. The summed E-state index contributed by atoms with van der Waals surface area (Å²) in [5.41, 5.74) is 7.28. The molecule has 5 nitrogen and oxygen atoms in total.